The number of carbonyl (C=O) groups is 1. The summed E-state index contributed by atoms with van der Waals surface area (Å²) in [4.78, 5) is 14.7. The fraction of sp³-hybridized carbons (Fsp3) is 0.941. The SMILES string of the molecule is CC1CCC(NC(=O)C(C)N2CCC(C(C)O)CC2)CC1. The molecule has 1 heterocycles. The molecule has 1 aliphatic heterocycles. The second-order valence-corrected chi connectivity index (χ2v) is 7.26. The van der Waals surface area contributed by atoms with Crippen LogP contribution in [-0.4, -0.2) is 47.2 Å². The van der Waals surface area contributed by atoms with E-state index in [0.717, 1.165) is 44.7 Å². The third kappa shape index (κ3) is 4.68. The predicted molar refractivity (Wildman–Crippen MR) is 85.0 cm³/mol. The van der Waals surface area contributed by atoms with Crippen molar-refractivity contribution in [1.29, 1.82) is 0 Å². The zero-order valence-electron chi connectivity index (χ0n) is 13.8. The van der Waals surface area contributed by atoms with E-state index in [4.69, 9.17) is 0 Å². The first kappa shape index (κ1) is 16.8. The topological polar surface area (TPSA) is 52.6 Å². The molecule has 2 atom stereocenters. The van der Waals surface area contributed by atoms with Crippen molar-refractivity contribution in [2.75, 3.05) is 13.1 Å². The van der Waals surface area contributed by atoms with Gasteiger partial charge in [-0.15, -0.1) is 0 Å². The Morgan fingerprint density at radius 1 is 1.10 bits per heavy atom. The molecule has 0 radical (unpaired) electrons. The molecular weight excluding hydrogens is 264 g/mol. The molecule has 0 bridgehead atoms. The summed E-state index contributed by atoms with van der Waals surface area (Å²) in [6, 6.07) is 0.338. The van der Waals surface area contributed by atoms with Crippen LogP contribution in [0.3, 0.4) is 0 Å². The van der Waals surface area contributed by atoms with Gasteiger partial charge in [-0.25, -0.2) is 0 Å². The van der Waals surface area contributed by atoms with E-state index in [1.54, 1.807) is 0 Å². The Morgan fingerprint density at radius 3 is 2.19 bits per heavy atom. The summed E-state index contributed by atoms with van der Waals surface area (Å²) in [7, 11) is 0. The van der Waals surface area contributed by atoms with E-state index in [1.807, 2.05) is 13.8 Å². The number of rotatable bonds is 4. The summed E-state index contributed by atoms with van der Waals surface area (Å²) >= 11 is 0. The highest BCUT2D eigenvalue weighted by molar-refractivity contribution is 5.81. The van der Waals surface area contributed by atoms with Crippen molar-refractivity contribution in [3.05, 3.63) is 0 Å². The van der Waals surface area contributed by atoms with Gasteiger partial charge in [-0.3, -0.25) is 9.69 Å². The van der Waals surface area contributed by atoms with Crippen molar-refractivity contribution in [2.24, 2.45) is 11.8 Å². The lowest BCUT2D eigenvalue weighted by Gasteiger charge is -2.37. The first-order valence-electron chi connectivity index (χ1n) is 8.70. The molecule has 2 N–H and O–H groups in total. The number of hydrogen-bond acceptors (Lipinski definition) is 3. The summed E-state index contributed by atoms with van der Waals surface area (Å²) in [5, 5.41) is 12.9. The molecule has 2 fully saturated rings. The lowest BCUT2D eigenvalue weighted by atomic mass is 9.87. The van der Waals surface area contributed by atoms with Gasteiger partial charge in [0.25, 0.3) is 0 Å². The molecule has 0 aromatic carbocycles. The summed E-state index contributed by atoms with van der Waals surface area (Å²) in [5.74, 6) is 1.40. The molecule has 2 unspecified atom stereocenters. The van der Waals surface area contributed by atoms with Gasteiger partial charge in [-0.1, -0.05) is 6.92 Å². The van der Waals surface area contributed by atoms with Crippen LogP contribution in [0.5, 0.6) is 0 Å². The van der Waals surface area contributed by atoms with Crippen LogP contribution in [0.2, 0.25) is 0 Å². The molecule has 1 amide bonds. The maximum Gasteiger partial charge on any atom is 0.237 e. The average Bonchev–Trinajstić information content (AvgIpc) is 2.49. The molecule has 1 aliphatic carbocycles. The maximum atomic E-state index is 12.4. The molecular formula is C17H32N2O2. The van der Waals surface area contributed by atoms with Gasteiger partial charge in [0.2, 0.25) is 5.91 Å². The minimum atomic E-state index is -0.222. The highest BCUT2D eigenvalue weighted by Crippen LogP contribution is 2.24. The Balaban J connectivity index is 1.75. The zero-order chi connectivity index (χ0) is 15.4. The molecule has 1 saturated carbocycles. The number of hydrogen-bond donors (Lipinski definition) is 2. The third-order valence-electron chi connectivity index (χ3n) is 5.55. The number of aliphatic hydroxyl groups excluding tert-OH is 1. The number of amides is 1. The van der Waals surface area contributed by atoms with E-state index in [2.05, 4.69) is 17.1 Å². The van der Waals surface area contributed by atoms with Crippen LogP contribution >= 0.6 is 0 Å². The van der Waals surface area contributed by atoms with Gasteiger partial charge in [-0.05, 0) is 77.3 Å². The molecule has 1 saturated heterocycles. The Bertz CT molecular complexity index is 330. The summed E-state index contributed by atoms with van der Waals surface area (Å²) < 4.78 is 0. The van der Waals surface area contributed by atoms with Gasteiger partial charge in [0, 0.05) is 6.04 Å². The molecule has 122 valence electrons. The Labute approximate surface area is 129 Å². The maximum absolute atomic E-state index is 12.4. The Kier molecular flexibility index (Phi) is 6.06. The highest BCUT2D eigenvalue weighted by Gasteiger charge is 2.29. The van der Waals surface area contributed by atoms with Crippen LogP contribution in [0, 0.1) is 11.8 Å². The minimum absolute atomic E-state index is 0.0423. The standard InChI is InChI=1S/C17H32N2O2/c1-12-4-6-16(7-5-12)18-17(21)13(2)19-10-8-15(9-11-19)14(3)20/h12-16,20H,4-11H2,1-3H3,(H,18,21). The van der Waals surface area contributed by atoms with Gasteiger partial charge < -0.3 is 10.4 Å². The van der Waals surface area contributed by atoms with Crippen molar-refractivity contribution < 1.29 is 9.90 Å². The van der Waals surface area contributed by atoms with Gasteiger partial charge in [0.15, 0.2) is 0 Å². The van der Waals surface area contributed by atoms with Crippen LogP contribution in [-0.2, 0) is 4.79 Å². The number of carbonyl (C=O) groups excluding carboxylic acids is 1. The van der Waals surface area contributed by atoms with Crippen LogP contribution in [0.4, 0.5) is 0 Å². The number of likely N-dealkylation sites (tertiary alicyclic amines) is 1. The van der Waals surface area contributed by atoms with E-state index in [-0.39, 0.29) is 18.1 Å². The van der Waals surface area contributed by atoms with Gasteiger partial charge in [0.05, 0.1) is 12.1 Å². The van der Waals surface area contributed by atoms with E-state index in [9.17, 15) is 9.90 Å². The van der Waals surface area contributed by atoms with Gasteiger partial charge in [-0.2, -0.15) is 0 Å². The van der Waals surface area contributed by atoms with Crippen molar-refractivity contribution in [2.45, 2.75) is 77.5 Å². The van der Waals surface area contributed by atoms with E-state index in [0.29, 0.717) is 12.0 Å². The van der Waals surface area contributed by atoms with E-state index < -0.39 is 0 Å². The third-order valence-corrected chi connectivity index (χ3v) is 5.55. The van der Waals surface area contributed by atoms with Crippen LogP contribution < -0.4 is 5.32 Å². The molecule has 0 aromatic rings. The van der Waals surface area contributed by atoms with E-state index in [1.165, 1.54) is 12.8 Å². The molecule has 4 heteroatoms. The molecule has 21 heavy (non-hydrogen) atoms. The van der Waals surface area contributed by atoms with Crippen LogP contribution in [0.1, 0.15) is 59.3 Å². The number of aliphatic hydroxyl groups is 1. The van der Waals surface area contributed by atoms with Crippen molar-refractivity contribution in [3.63, 3.8) is 0 Å². The first-order valence-corrected chi connectivity index (χ1v) is 8.70. The summed E-state index contributed by atoms with van der Waals surface area (Å²) in [5.41, 5.74) is 0. The Morgan fingerprint density at radius 2 is 1.67 bits per heavy atom. The number of nitrogens with zero attached hydrogens (tertiary/aromatic N) is 1. The van der Waals surface area contributed by atoms with Crippen LogP contribution in [0.15, 0.2) is 0 Å². The first-order chi connectivity index (χ1) is 9.97. The molecule has 0 aromatic heterocycles. The largest absolute Gasteiger partial charge is 0.393 e. The number of piperidine rings is 1. The molecule has 0 spiro atoms. The summed E-state index contributed by atoms with van der Waals surface area (Å²) in [6.45, 7) is 8.04. The normalized spacial score (nSPS) is 31.6. The predicted octanol–water partition coefficient (Wildman–Crippen LogP) is 2.16. The van der Waals surface area contributed by atoms with Crippen molar-refractivity contribution in [3.8, 4) is 0 Å². The molecule has 2 aliphatic rings. The van der Waals surface area contributed by atoms with Gasteiger partial charge >= 0.3 is 0 Å². The highest BCUT2D eigenvalue weighted by atomic mass is 16.3. The quantitative estimate of drug-likeness (QED) is 0.836. The molecule has 2 rings (SSSR count). The van der Waals surface area contributed by atoms with Crippen molar-refractivity contribution >= 4 is 5.91 Å². The monoisotopic (exact) mass is 296 g/mol. The fourth-order valence-electron chi connectivity index (χ4n) is 3.68. The zero-order valence-corrected chi connectivity index (χ0v) is 13.8. The second kappa shape index (κ2) is 7.59. The summed E-state index contributed by atoms with van der Waals surface area (Å²) in [6.07, 6.45) is 6.50. The lowest BCUT2D eigenvalue weighted by molar-refractivity contribution is -0.127. The molecule has 4 nitrogen and oxygen atoms in total. The van der Waals surface area contributed by atoms with E-state index >= 15 is 0 Å². The number of nitrogens with one attached hydrogen (secondary N) is 1. The smallest absolute Gasteiger partial charge is 0.237 e. The second-order valence-electron chi connectivity index (χ2n) is 7.26. The average molecular weight is 296 g/mol. The van der Waals surface area contributed by atoms with Gasteiger partial charge in [0.1, 0.15) is 0 Å². The Hall–Kier alpha value is -0.610. The van der Waals surface area contributed by atoms with Crippen molar-refractivity contribution in [1.82, 2.24) is 10.2 Å². The van der Waals surface area contributed by atoms with Crippen LogP contribution in [0.25, 0.3) is 0 Å². The fourth-order valence-corrected chi connectivity index (χ4v) is 3.68. The minimum Gasteiger partial charge on any atom is -0.393 e. The lowest BCUT2D eigenvalue weighted by Crippen LogP contribution is -2.51.